The normalized spacial score (nSPS) is 10.2. The van der Waals surface area contributed by atoms with E-state index in [1.165, 1.54) is 11.3 Å². The molecule has 1 aromatic carbocycles. The second-order valence-corrected chi connectivity index (χ2v) is 5.39. The quantitative estimate of drug-likeness (QED) is 0.760. The molecule has 2 heterocycles. The minimum Gasteiger partial charge on any atom is -0.396 e. The number of nitriles is 1. The van der Waals surface area contributed by atoms with Crippen LogP contribution in [0.3, 0.4) is 0 Å². The minimum atomic E-state index is -0.300. The monoisotopic (exact) mass is 294 g/mol. The van der Waals surface area contributed by atoms with Gasteiger partial charge in [0.2, 0.25) is 0 Å². The van der Waals surface area contributed by atoms with Crippen molar-refractivity contribution in [2.24, 2.45) is 0 Å². The maximum Gasteiger partial charge on any atom is 0.267 e. The first kappa shape index (κ1) is 13.1. The molecule has 0 radical (unpaired) electrons. The number of rotatable bonds is 2. The molecular formula is C15H10N4OS. The number of benzene rings is 1. The summed E-state index contributed by atoms with van der Waals surface area (Å²) in [6.07, 6.45) is 1.64. The summed E-state index contributed by atoms with van der Waals surface area (Å²) in [6, 6.07) is 12.4. The van der Waals surface area contributed by atoms with Crippen LogP contribution in [0.25, 0.3) is 10.2 Å². The molecule has 0 bridgehead atoms. The Morgan fingerprint density at radius 2 is 2.19 bits per heavy atom. The van der Waals surface area contributed by atoms with Crippen molar-refractivity contribution in [2.75, 3.05) is 11.1 Å². The number of fused-ring (bicyclic) bond motifs is 1. The molecule has 3 aromatic rings. The second-order valence-electron chi connectivity index (χ2n) is 4.34. The lowest BCUT2D eigenvalue weighted by atomic mass is 10.2. The summed E-state index contributed by atoms with van der Waals surface area (Å²) < 4.78 is 0.867. The second kappa shape index (κ2) is 5.23. The van der Waals surface area contributed by atoms with Crippen molar-refractivity contribution < 1.29 is 4.79 Å². The van der Waals surface area contributed by atoms with Crippen LogP contribution in [0.15, 0.2) is 42.6 Å². The molecule has 0 aliphatic heterocycles. The Kier molecular flexibility index (Phi) is 3.26. The number of hydrogen-bond acceptors (Lipinski definition) is 5. The molecule has 21 heavy (non-hydrogen) atoms. The van der Waals surface area contributed by atoms with Crippen molar-refractivity contribution >= 4 is 38.8 Å². The molecule has 0 saturated heterocycles. The van der Waals surface area contributed by atoms with Crippen LogP contribution < -0.4 is 11.1 Å². The van der Waals surface area contributed by atoms with Gasteiger partial charge < -0.3 is 11.1 Å². The number of hydrogen-bond donors (Lipinski definition) is 2. The molecule has 3 N–H and O–H groups in total. The maximum atomic E-state index is 12.3. The number of carbonyl (C=O) groups excluding carboxylic acids is 1. The van der Waals surface area contributed by atoms with Crippen molar-refractivity contribution in [1.29, 1.82) is 5.26 Å². The van der Waals surface area contributed by atoms with Gasteiger partial charge in [-0.3, -0.25) is 9.78 Å². The summed E-state index contributed by atoms with van der Waals surface area (Å²) in [4.78, 5) is 16.9. The van der Waals surface area contributed by atoms with Crippen molar-refractivity contribution in [2.45, 2.75) is 0 Å². The molecule has 3 rings (SSSR count). The molecule has 0 saturated carbocycles. The van der Waals surface area contributed by atoms with Crippen LogP contribution in [0, 0.1) is 11.3 Å². The molecule has 2 aromatic heterocycles. The smallest absolute Gasteiger partial charge is 0.267 e. The average molecular weight is 294 g/mol. The third-order valence-electron chi connectivity index (χ3n) is 2.94. The number of anilines is 2. The molecule has 0 atom stereocenters. The van der Waals surface area contributed by atoms with Crippen LogP contribution in [-0.2, 0) is 0 Å². The van der Waals surface area contributed by atoms with Crippen LogP contribution in [0.2, 0.25) is 0 Å². The largest absolute Gasteiger partial charge is 0.396 e. The van der Waals surface area contributed by atoms with E-state index in [1.807, 2.05) is 12.1 Å². The SMILES string of the molecule is N#Cc1cccc(NC(=O)c2sc3cccnc3c2N)c1. The average Bonchev–Trinajstić information content (AvgIpc) is 2.85. The number of carbonyl (C=O) groups is 1. The van der Waals surface area contributed by atoms with Crippen LogP contribution in [0.5, 0.6) is 0 Å². The predicted octanol–water partition coefficient (Wildman–Crippen LogP) is 3.00. The predicted molar refractivity (Wildman–Crippen MR) is 83.1 cm³/mol. The summed E-state index contributed by atoms with van der Waals surface area (Å²) >= 11 is 1.30. The van der Waals surface area contributed by atoms with Gasteiger partial charge in [0, 0.05) is 11.9 Å². The molecule has 0 aliphatic carbocycles. The van der Waals surface area contributed by atoms with E-state index < -0.39 is 0 Å². The van der Waals surface area contributed by atoms with Gasteiger partial charge in [-0.1, -0.05) is 6.07 Å². The number of amides is 1. The van der Waals surface area contributed by atoms with Crippen molar-refractivity contribution in [1.82, 2.24) is 4.98 Å². The van der Waals surface area contributed by atoms with E-state index in [2.05, 4.69) is 10.3 Å². The van der Waals surface area contributed by atoms with Gasteiger partial charge in [-0.25, -0.2) is 0 Å². The zero-order chi connectivity index (χ0) is 14.8. The van der Waals surface area contributed by atoms with Crippen LogP contribution in [-0.4, -0.2) is 10.9 Å². The number of thiophene rings is 1. The highest BCUT2D eigenvalue weighted by molar-refractivity contribution is 7.21. The molecule has 102 valence electrons. The van der Waals surface area contributed by atoms with E-state index in [9.17, 15) is 4.79 Å². The minimum absolute atomic E-state index is 0.300. The highest BCUT2D eigenvalue weighted by Crippen LogP contribution is 2.32. The van der Waals surface area contributed by atoms with Crippen molar-refractivity contribution in [3.8, 4) is 6.07 Å². The Morgan fingerprint density at radius 1 is 1.33 bits per heavy atom. The van der Waals surface area contributed by atoms with E-state index >= 15 is 0 Å². The van der Waals surface area contributed by atoms with Gasteiger partial charge in [-0.05, 0) is 30.3 Å². The van der Waals surface area contributed by atoms with Gasteiger partial charge in [0.1, 0.15) is 10.4 Å². The zero-order valence-corrected chi connectivity index (χ0v) is 11.6. The van der Waals surface area contributed by atoms with Gasteiger partial charge in [0.05, 0.1) is 22.0 Å². The molecule has 0 aliphatic rings. The number of nitrogens with one attached hydrogen (secondary N) is 1. The first-order valence-electron chi connectivity index (χ1n) is 6.13. The summed E-state index contributed by atoms with van der Waals surface area (Å²) in [5, 5.41) is 11.6. The van der Waals surface area contributed by atoms with E-state index in [0.717, 1.165) is 4.70 Å². The lowest BCUT2D eigenvalue weighted by molar-refractivity contribution is 0.103. The van der Waals surface area contributed by atoms with E-state index in [-0.39, 0.29) is 5.91 Å². The number of aromatic nitrogens is 1. The van der Waals surface area contributed by atoms with Gasteiger partial charge in [-0.2, -0.15) is 5.26 Å². The van der Waals surface area contributed by atoms with Crippen molar-refractivity contribution in [3.63, 3.8) is 0 Å². The highest BCUT2D eigenvalue weighted by Gasteiger charge is 2.17. The van der Waals surface area contributed by atoms with E-state index in [4.69, 9.17) is 11.0 Å². The summed E-state index contributed by atoms with van der Waals surface area (Å²) in [5.74, 6) is -0.300. The Labute approximate surface area is 124 Å². The molecule has 0 spiro atoms. The Balaban J connectivity index is 1.94. The standard InChI is InChI=1S/C15H10N4OS/c16-8-9-3-1-4-10(7-9)19-15(20)14-12(17)13-11(21-14)5-2-6-18-13/h1-7H,17H2,(H,19,20). The van der Waals surface area contributed by atoms with Crippen molar-refractivity contribution in [3.05, 3.63) is 53.0 Å². The van der Waals surface area contributed by atoms with Gasteiger partial charge in [0.15, 0.2) is 0 Å². The number of pyridine rings is 1. The molecule has 6 heteroatoms. The van der Waals surface area contributed by atoms with Gasteiger partial charge in [-0.15, -0.1) is 11.3 Å². The Hall–Kier alpha value is -2.91. The number of nitrogen functional groups attached to an aromatic ring is 1. The fourth-order valence-corrected chi connectivity index (χ4v) is 2.95. The zero-order valence-electron chi connectivity index (χ0n) is 10.8. The Bertz CT molecular complexity index is 879. The van der Waals surface area contributed by atoms with Crippen LogP contribution in [0.1, 0.15) is 15.2 Å². The highest BCUT2D eigenvalue weighted by atomic mass is 32.1. The fraction of sp³-hybridized carbons (Fsp3) is 0. The molecule has 5 nitrogen and oxygen atoms in total. The maximum absolute atomic E-state index is 12.3. The third-order valence-corrected chi connectivity index (χ3v) is 4.10. The van der Waals surface area contributed by atoms with Gasteiger partial charge >= 0.3 is 0 Å². The summed E-state index contributed by atoms with van der Waals surface area (Å²) in [5.41, 5.74) is 8.05. The lowest BCUT2D eigenvalue weighted by Gasteiger charge is -2.04. The third kappa shape index (κ3) is 2.42. The molecule has 0 fully saturated rings. The summed E-state index contributed by atoms with van der Waals surface area (Å²) in [6.45, 7) is 0. The Morgan fingerprint density at radius 3 is 2.95 bits per heavy atom. The lowest BCUT2D eigenvalue weighted by Crippen LogP contribution is -2.12. The topological polar surface area (TPSA) is 91.8 Å². The molecule has 1 amide bonds. The van der Waals surface area contributed by atoms with E-state index in [1.54, 1.807) is 36.5 Å². The number of nitrogens with zero attached hydrogens (tertiary/aromatic N) is 2. The van der Waals surface area contributed by atoms with E-state index in [0.29, 0.717) is 27.3 Å². The summed E-state index contributed by atoms with van der Waals surface area (Å²) in [7, 11) is 0. The van der Waals surface area contributed by atoms with Crippen LogP contribution in [0.4, 0.5) is 11.4 Å². The first-order valence-corrected chi connectivity index (χ1v) is 6.95. The van der Waals surface area contributed by atoms with Crippen LogP contribution >= 0.6 is 11.3 Å². The first-order chi connectivity index (χ1) is 10.2. The number of nitrogens with two attached hydrogens (primary N) is 1. The van der Waals surface area contributed by atoms with Gasteiger partial charge in [0.25, 0.3) is 5.91 Å². The molecule has 0 unspecified atom stereocenters. The fourth-order valence-electron chi connectivity index (χ4n) is 1.97. The molecular weight excluding hydrogens is 284 g/mol.